The summed E-state index contributed by atoms with van der Waals surface area (Å²) >= 11 is 0. The topological polar surface area (TPSA) is 74.9 Å². The highest BCUT2D eigenvalue weighted by Gasteiger charge is 2.32. The minimum absolute atomic E-state index is 0.0471. The Balaban J connectivity index is 1.90. The van der Waals surface area contributed by atoms with Crippen LogP contribution in [0.25, 0.3) is 0 Å². The number of nitrogens with zero attached hydrogens (tertiary/aromatic N) is 1. The first-order valence-corrected chi connectivity index (χ1v) is 6.81. The molecular weight excluding hydrogens is 260 g/mol. The van der Waals surface area contributed by atoms with Gasteiger partial charge >= 0.3 is 0 Å². The van der Waals surface area contributed by atoms with Crippen molar-refractivity contribution in [2.24, 2.45) is 0 Å². The molecule has 1 aliphatic heterocycles. The zero-order chi connectivity index (χ0) is 14.5. The van der Waals surface area contributed by atoms with E-state index >= 15 is 0 Å². The fraction of sp³-hybridized carbons (Fsp3) is 0.643. The van der Waals surface area contributed by atoms with Crippen LogP contribution in [0.15, 0.2) is 16.5 Å². The number of carbonyl (C=O) groups is 1. The number of carbonyl (C=O) groups excluding carboxylic acids is 1. The zero-order valence-electron chi connectivity index (χ0n) is 12.0. The summed E-state index contributed by atoms with van der Waals surface area (Å²) < 4.78 is 10.4. The Morgan fingerprint density at radius 2 is 2.40 bits per heavy atom. The van der Waals surface area contributed by atoms with Gasteiger partial charge in [0, 0.05) is 25.7 Å². The van der Waals surface area contributed by atoms with Crippen molar-refractivity contribution in [2.75, 3.05) is 26.9 Å². The average Bonchev–Trinajstić information content (AvgIpc) is 2.96. The Hall–Kier alpha value is -1.37. The third kappa shape index (κ3) is 3.82. The molecule has 6 nitrogen and oxygen atoms in total. The van der Waals surface area contributed by atoms with E-state index in [4.69, 9.17) is 9.15 Å². The summed E-state index contributed by atoms with van der Waals surface area (Å²) in [6.45, 7) is 3.41. The standard InChI is InChI=1S/C14H22N2O4/c1-10-3-4-13(20-10)7-16-6-11(5-12(16)8-17)15-14(18)9-19-2/h3-4,11-12,17H,5-9H2,1-2H3,(H,15,18)/t11-,12-/m0/s1. The van der Waals surface area contributed by atoms with E-state index in [-0.39, 0.29) is 31.2 Å². The molecule has 2 atom stereocenters. The second-order valence-corrected chi connectivity index (χ2v) is 5.21. The lowest BCUT2D eigenvalue weighted by atomic mass is 10.2. The minimum atomic E-state index is -0.120. The molecule has 2 heterocycles. The quantitative estimate of drug-likeness (QED) is 0.784. The first kappa shape index (κ1) is 15.0. The summed E-state index contributed by atoms with van der Waals surface area (Å²) in [5.74, 6) is 1.64. The molecule has 0 unspecified atom stereocenters. The van der Waals surface area contributed by atoms with Crippen molar-refractivity contribution < 1.29 is 19.1 Å². The molecule has 0 aromatic carbocycles. The van der Waals surface area contributed by atoms with Gasteiger partial charge in [-0.1, -0.05) is 0 Å². The third-order valence-corrected chi connectivity index (χ3v) is 3.53. The second kappa shape index (κ2) is 6.88. The van der Waals surface area contributed by atoms with Gasteiger partial charge < -0.3 is 19.6 Å². The van der Waals surface area contributed by atoms with Crippen molar-refractivity contribution in [1.29, 1.82) is 0 Å². The van der Waals surface area contributed by atoms with Crippen molar-refractivity contribution in [3.8, 4) is 0 Å². The lowest BCUT2D eigenvalue weighted by Crippen LogP contribution is -2.38. The van der Waals surface area contributed by atoms with Gasteiger partial charge in [0.15, 0.2) is 0 Å². The summed E-state index contributed by atoms with van der Waals surface area (Å²) in [5, 5.41) is 12.4. The largest absolute Gasteiger partial charge is 0.465 e. The first-order valence-electron chi connectivity index (χ1n) is 6.81. The van der Waals surface area contributed by atoms with E-state index in [1.165, 1.54) is 7.11 Å². The number of furan rings is 1. The number of likely N-dealkylation sites (tertiary alicyclic amines) is 1. The normalized spacial score (nSPS) is 23.1. The molecule has 0 spiro atoms. The van der Waals surface area contributed by atoms with Crippen LogP contribution in [0.3, 0.4) is 0 Å². The maximum atomic E-state index is 11.5. The van der Waals surface area contributed by atoms with Crippen molar-refractivity contribution in [3.05, 3.63) is 23.7 Å². The van der Waals surface area contributed by atoms with Gasteiger partial charge in [0.1, 0.15) is 18.1 Å². The van der Waals surface area contributed by atoms with Crippen LogP contribution in [0.4, 0.5) is 0 Å². The van der Waals surface area contributed by atoms with Crippen LogP contribution in [-0.2, 0) is 16.1 Å². The molecule has 20 heavy (non-hydrogen) atoms. The predicted molar refractivity (Wildman–Crippen MR) is 73.2 cm³/mol. The molecule has 0 bridgehead atoms. The van der Waals surface area contributed by atoms with Crippen molar-refractivity contribution in [2.45, 2.75) is 32.0 Å². The lowest BCUT2D eigenvalue weighted by molar-refractivity contribution is -0.125. The monoisotopic (exact) mass is 282 g/mol. The molecule has 1 aliphatic rings. The van der Waals surface area contributed by atoms with Crippen LogP contribution in [0.1, 0.15) is 17.9 Å². The van der Waals surface area contributed by atoms with Gasteiger partial charge in [-0.3, -0.25) is 9.69 Å². The summed E-state index contributed by atoms with van der Waals surface area (Å²) in [6.07, 6.45) is 0.742. The lowest BCUT2D eigenvalue weighted by Gasteiger charge is -2.20. The van der Waals surface area contributed by atoms with E-state index in [1.54, 1.807) is 0 Å². The van der Waals surface area contributed by atoms with Crippen LogP contribution < -0.4 is 5.32 Å². The molecule has 2 N–H and O–H groups in total. The Morgan fingerprint density at radius 3 is 3.00 bits per heavy atom. The third-order valence-electron chi connectivity index (χ3n) is 3.53. The number of aliphatic hydroxyl groups excluding tert-OH is 1. The maximum Gasteiger partial charge on any atom is 0.246 e. The summed E-state index contributed by atoms with van der Waals surface area (Å²) in [4.78, 5) is 13.7. The van der Waals surface area contributed by atoms with E-state index in [0.29, 0.717) is 13.1 Å². The van der Waals surface area contributed by atoms with Gasteiger partial charge in [-0.25, -0.2) is 0 Å². The van der Waals surface area contributed by atoms with Crippen LogP contribution >= 0.6 is 0 Å². The highest BCUT2D eigenvalue weighted by Crippen LogP contribution is 2.21. The molecule has 1 fully saturated rings. The molecular formula is C14H22N2O4. The Bertz CT molecular complexity index is 446. The Labute approximate surface area is 118 Å². The number of aliphatic hydroxyl groups is 1. The van der Waals surface area contributed by atoms with Gasteiger partial charge in [0.05, 0.1) is 13.2 Å². The van der Waals surface area contributed by atoms with Gasteiger partial charge in [-0.05, 0) is 25.5 Å². The first-order chi connectivity index (χ1) is 9.62. The molecule has 0 radical (unpaired) electrons. The molecule has 1 aromatic heterocycles. The zero-order valence-corrected chi connectivity index (χ0v) is 12.0. The molecule has 1 amide bonds. The van der Waals surface area contributed by atoms with Crippen molar-refractivity contribution in [1.82, 2.24) is 10.2 Å². The van der Waals surface area contributed by atoms with E-state index in [0.717, 1.165) is 17.9 Å². The van der Waals surface area contributed by atoms with Gasteiger partial charge in [-0.2, -0.15) is 0 Å². The number of ether oxygens (including phenoxy) is 1. The smallest absolute Gasteiger partial charge is 0.246 e. The summed E-state index contributed by atoms with van der Waals surface area (Å²) in [6, 6.07) is 3.97. The van der Waals surface area contributed by atoms with E-state index < -0.39 is 0 Å². The SMILES string of the molecule is COCC(=O)N[C@H]1C[C@@H](CO)N(Cc2ccc(C)o2)C1. The molecule has 0 saturated carbocycles. The fourth-order valence-corrected chi connectivity index (χ4v) is 2.64. The Kier molecular flexibility index (Phi) is 5.17. The summed E-state index contributed by atoms with van der Waals surface area (Å²) in [7, 11) is 1.50. The fourth-order valence-electron chi connectivity index (χ4n) is 2.64. The molecule has 0 aliphatic carbocycles. The van der Waals surface area contributed by atoms with Crippen LogP contribution in [0.2, 0.25) is 0 Å². The Morgan fingerprint density at radius 1 is 1.60 bits per heavy atom. The maximum absolute atomic E-state index is 11.5. The van der Waals surface area contributed by atoms with Crippen molar-refractivity contribution in [3.63, 3.8) is 0 Å². The molecule has 1 saturated heterocycles. The number of nitrogens with one attached hydrogen (secondary N) is 1. The minimum Gasteiger partial charge on any atom is -0.465 e. The van der Waals surface area contributed by atoms with Crippen LogP contribution in [0, 0.1) is 6.92 Å². The number of hydrogen-bond acceptors (Lipinski definition) is 5. The number of aryl methyl sites for hydroxylation is 1. The van der Waals surface area contributed by atoms with Gasteiger partial charge in [0.2, 0.25) is 5.91 Å². The average molecular weight is 282 g/mol. The van der Waals surface area contributed by atoms with Gasteiger partial charge in [-0.15, -0.1) is 0 Å². The number of amides is 1. The highest BCUT2D eigenvalue weighted by molar-refractivity contribution is 5.77. The van der Waals surface area contributed by atoms with E-state index in [2.05, 4.69) is 10.2 Å². The van der Waals surface area contributed by atoms with Gasteiger partial charge in [0.25, 0.3) is 0 Å². The second-order valence-electron chi connectivity index (χ2n) is 5.21. The number of rotatable bonds is 6. The number of hydrogen-bond donors (Lipinski definition) is 2. The highest BCUT2D eigenvalue weighted by atomic mass is 16.5. The number of methoxy groups -OCH3 is 1. The molecule has 1 aromatic rings. The predicted octanol–water partition coefficient (Wildman–Crippen LogP) is 0.286. The van der Waals surface area contributed by atoms with Crippen LogP contribution in [0.5, 0.6) is 0 Å². The summed E-state index contributed by atoms with van der Waals surface area (Å²) in [5.41, 5.74) is 0. The van der Waals surface area contributed by atoms with Crippen molar-refractivity contribution >= 4 is 5.91 Å². The van der Waals surface area contributed by atoms with E-state index in [1.807, 2.05) is 19.1 Å². The molecule has 112 valence electrons. The molecule has 6 heteroatoms. The van der Waals surface area contributed by atoms with Crippen LogP contribution in [-0.4, -0.2) is 54.9 Å². The molecule has 2 rings (SSSR count). The van der Waals surface area contributed by atoms with E-state index in [9.17, 15) is 9.90 Å².